The van der Waals surface area contributed by atoms with Gasteiger partial charge in [0.1, 0.15) is 5.69 Å². The Labute approximate surface area is 212 Å². The first-order chi connectivity index (χ1) is 17.3. The third kappa shape index (κ3) is 4.75. The Balaban J connectivity index is 1.37. The lowest BCUT2D eigenvalue weighted by Gasteiger charge is -2.36. The maximum atomic E-state index is 13.8. The van der Waals surface area contributed by atoms with Gasteiger partial charge in [-0.3, -0.25) is 4.79 Å². The molecule has 2 aliphatic rings. The number of nitrogens with zero attached hydrogens (tertiary/aromatic N) is 3. The lowest BCUT2D eigenvalue weighted by Crippen LogP contribution is -2.48. The first-order valence-electron chi connectivity index (χ1n) is 12.4. The summed E-state index contributed by atoms with van der Waals surface area (Å²) in [6.07, 6.45) is 6.63. The average molecular weight is 506 g/mol. The second-order valence-electron chi connectivity index (χ2n) is 9.63. The molecule has 5 rings (SSSR count). The number of aryl methyl sites for hydroxylation is 3. The van der Waals surface area contributed by atoms with Gasteiger partial charge in [0.2, 0.25) is 15.9 Å². The SMILES string of the molecule is Cc1ccc(/C=C/c2onc(C)c2S(=O)(=O)N2CCCC(C(=O)N3CCCc4ccccc43)C2)cc1. The van der Waals surface area contributed by atoms with E-state index >= 15 is 0 Å². The first kappa shape index (κ1) is 24.5. The molecule has 0 radical (unpaired) electrons. The highest BCUT2D eigenvalue weighted by Crippen LogP contribution is 2.33. The summed E-state index contributed by atoms with van der Waals surface area (Å²) in [5.41, 5.74) is 4.52. The molecule has 0 bridgehead atoms. The van der Waals surface area contributed by atoms with Crippen LogP contribution in [0.5, 0.6) is 0 Å². The molecule has 8 heteroatoms. The lowest BCUT2D eigenvalue weighted by molar-refractivity contribution is -0.123. The summed E-state index contributed by atoms with van der Waals surface area (Å²) < 4.78 is 34.3. The van der Waals surface area contributed by atoms with Crippen molar-refractivity contribution in [3.05, 3.63) is 76.7 Å². The van der Waals surface area contributed by atoms with E-state index in [-0.39, 0.29) is 29.0 Å². The molecule has 0 spiro atoms. The number of carbonyl (C=O) groups excluding carboxylic acids is 1. The van der Waals surface area contributed by atoms with Crippen LogP contribution in [0.25, 0.3) is 12.2 Å². The number of hydrogen-bond donors (Lipinski definition) is 0. The molecule has 1 fully saturated rings. The van der Waals surface area contributed by atoms with Gasteiger partial charge in [0, 0.05) is 25.3 Å². The van der Waals surface area contributed by atoms with E-state index in [9.17, 15) is 13.2 Å². The van der Waals surface area contributed by atoms with Crippen molar-refractivity contribution in [2.24, 2.45) is 5.92 Å². The minimum atomic E-state index is -3.89. The van der Waals surface area contributed by atoms with Gasteiger partial charge in [-0.1, -0.05) is 59.3 Å². The number of benzene rings is 2. The second kappa shape index (κ2) is 10.0. The van der Waals surface area contributed by atoms with Crippen LogP contribution >= 0.6 is 0 Å². The third-order valence-corrected chi connectivity index (χ3v) is 9.07. The van der Waals surface area contributed by atoms with Crippen LogP contribution in [0.2, 0.25) is 0 Å². The van der Waals surface area contributed by atoms with E-state index in [0.29, 0.717) is 31.6 Å². The number of sulfonamides is 1. The summed E-state index contributed by atoms with van der Waals surface area (Å²) >= 11 is 0. The van der Waals surface area contributed by atoms with Crippen molar-refractivity contribution >= 4 is 33.8 Å². The molecule has 7 nitrogen and oxygen atoms in total. The van der Waals surface area contributed by atoms with Crippen LogP contribution in [0.3, 0.4) is 0 Å². The molecule has 0 saturated carbocycles. The van der Waals surface area contributed by atoms with Gasteiger partial charge in [-0.2, -0.15) is 4.31 Å². The number of anilines is 1. The molecule has 1 aromatic heterocycles. The molecule has 2 aromatic carbocycles. The van der Waals surface area contributed by atoms with Crippen molar-refractivity contribution in [2.45, 2.75) is 44.4 Å². The number of amides is 1. The van der Waals surface area contributed by atoms with E-state index in [1.807, 2.05) is 60.4 Å². The molecule has 188 valence electrons. The van der Waals surface area contributed by atoms with Crippen LogP contribution in [0.15, 0.2) is 57.9 Å². The number of fused-ring (bicyclic) bond motifs is 1. The van der Waals surface area contributed by atoms with Gasteiger partial charge in [0.15, 0.2) is 10.7 Å². The Morgan fingerprint density at radius 1 is 1.03 bits per heavy atom. The largest absolute Gasteiger partial charge is 0.355 e. The number of para-hydroxylation sites is 1. The molecule has 2 aliphatic heterocycles. The Hall–Kier alpha value is -3.23. The summed E-state index contributed by atoms with van der Waals surface area (Å²) in [4.78, 5) is 15.5. The summed E-state index contributed by atoms with van der Waals surface area (Å²) in [7, 11) is -3.89. The minimum absolute atomic E-state index is 0.00332. The molecular formula is C28H31N3O4S. The molecule has 1 saturated heterocycles. The van der Waals surface area contributed by atoms with Crippen LogP contribution < -0.4 is 4.90 Å². The molecule has 36 heavy (non-hydrogen) atoms. The zero-order valence-electron chi connectivity index (χ0n) is 20.7. The topological polar surface area (TPSA) is 83.7 Å². The van der Waals surface area contributed by atoms with E-state index in [1.54, 1.807) is 13.0 Å². The number of aromatic nitrogens is 1. The van der Waals surface area contributed by atoms with E-state index in [4.69, 9.17) is 4.52 Å². The highest BCUT2D eigenvalue weighted by Gasteiger charge is 2.38. The lowest BCUT2D eigenvalue weighted by atomic mass is 9.95. The number of piperidine rings is 1. The van der Waals surface area contributed by atoms with Crippen LogP contribution in [0.4, 0.5) is 5.69 Å². The highest BCUT2D eigenvalue weighted by molar-refractivity contribution is 7.89. The molecule has 3 heterocycles. The van der Waals surface area contributed by atoms with Gasteiger partial charge in [-0.25, -0.2) is 8.42 Å². The summed E-state index contributed by atoms with van der Waals surface area (Å²) in [5.74, 6) is -0.179. The number of hydrogen-bond acceptors (Lipinski definition) is 5. The van der Waals surface area contributed by atoms with Crippen LogP contribution in [-0.2, 0) is 21.2 Å². The summed E-state index contributed by atoms with van der Waals surface area (Å²) in [6.45, 7) is 4.84. The van der Waals surface area contributed by atoms with Crippen LogP contribution in [0, 0.1) is 19.8 Å². The zero-order chi connectivity index (χ0) is 25.3. The molecule has 1 unspecified atom stereocenters. The van der Waals surface area contributed by atoms with Crippen molar-refractivity contribution in [1.29, 1.82) is 0 Å². The van der Waals surface area contributed by atoms with Crippen molar-refractivity contribution in [3.8, 4) is 0 Å². The molecule has 0 N–H and O–H groups in total. The average Bonchev–Trinajstić information content (AvgIpc) is 3.28. The Bertz CT molecular complexity index is 1390. The Morgan fingerprint density at radius 3 is 2.61 bits per heavy atom. The quantitative estimate of drug-likeness (QED) is 0.495. The summed E-state index contributed by atoms with van der Waals surface area (Å²) in [6, 6.07) is 15.9. The third-order valence-electron chi connectivity index (χ3n) is 7.05. The van der Waals surface area contributed by atoms with Crippen molar-refractivity contribution in [1.82, 2.24) is 9.46 Å². The molecule has 3 aromatic rings. The van der Waals surface area contributed by atoms with Gasteiger partial charge in [-0.05, 0) is 62.8 Å². The smallest absolute Gasteiger partial charge is 0.248 e. The summed E-state index contributed by atoms with van der Waals surface area (Å²) in [5, 5.41) is 3.95. The molecule has 1 amide bonds. The zero-order valence-corrected chi connectivity index (χ0v) is 21.5. The standard InChI is InChI=1S/C28H31N3O4S/c1-20-11-13-22(14-12-20)15-16-26-27(21(2)29-35-26)36(33,34)30-17-5-9-24(19-30)28(32)31-18-6-8-23-7-3-4-10-25(23)31/h3-4,7,10-16,24H,5-6,8-9,17-19H2,1-2H3/b16-15+. The predicted octanol–water partition coefficient (Wildman–Crippen LogP) is 4.84. The van der Waals surface area contributed by atoms with Gasteiger partial charge in [0.25, 0.3) is 0 Å². The molecule has 0 aliphatic carbocycles. The molecule has 1 atom stereocenters. The Morgan fingerprint density at radius 2 is 1.81 bits per heavy atom. The van der Waals surface area contributed by atoms with E-state index < -0.39 is 10.0 Å². The van der Waals surface area contributed by atoms with Crippen molar-refractivity contribution in [2.75, 3.05) is 24.5 Å². The minimum Gasteiger partial charge on any atom is -0.355 e. The number of rotatable bonds is 5. The van der Waals surface area contributed by atoms with Crippen LogP contribution in [0.1, 0.15) is 47.4 Å². The fourth-order valence-corrected chi connectivity index (χ4v) is 6.90. The van der Waals surface area contributed by atoms with Crippen molar-refractivity contribution in [3.63, 3.8) is 0 Å². The van der Waals surface area contributed by atoms with Gasteiger partial charge >= 0.3 is 0 Å². The van der Waals surface area contributed by atoms with Crippen LogP contribution in [-0.4, -0.2) is 43.4 Å². The van der Waals surface area contributed by atoms with Gasteiger partial charge < -0.3 is 9.42 Å². The van der Waals surface area contributed by atoms with Crippen molar-refractivity contribution < 1.29 is 17.7 Å². The predicted molar refractivity (Wildman–Crippen MR) is 140 cm³/mol. The fourth-order valence-electron chi connectivity index (χ4n) is 5.12. The second-order valence-corrected chi connectivity index (χ2v) is 11.5. The first-order valence-corrected chi connectivity index (χ1v) is 13.9. The maximum Gasteiger partial charge on any atom is 0.248 e. The van der Waals surface area contributed by atoms with E-state index in [2.05, 4.69) is 11.2 Å². The maximum absolute atomic E-state index is 13.8. The Kier molecular flexibility index (Phi) is 6.81. The van der Waals surface area contributed by atoms with Gasteiger partial charge in [-0.15, -0.1) is 0 Å². The molecular weight excluding hydrogens is 474 g/mol. The number of carbonyl (C=O) groups is 1. The highest BCUT2D eigenvalue weighted by atomic mass is 32.2. The monoisotopic (exact) mass is 505 g/mol. The van der Waals surface area contributed by atoms with E-state index in [0.717, 1.165) is 29.7 Å². The normalized spacial score (nSPS) is 18.9. The fraction of sp³-hybridized carbons (Fsp3) is 0.357. The van der Waals surface area contributed by atoms with E-state index in [1.165, 1.54) is 9.87 Å². The van der Waals surface area contributed by atoms with Gasteiger partial charge in [0.05, 0.1) is 5.92 Å².